The molecule has 38 heavy (non-hydrogen) atoms. The van der Waals surface area contributed by atoms with E-state index in [4.69, 9.17) is 35.8 Å². The normalized spacial score (nSPS) is 22.0. The number of halogens is 1. The summed E-state index contributed by atoms with van der Waals surface area (Å²) in [7, 11) is 1.72. The Kier molecular flexibility index (Phi) is 8.05. The molecule has 0 unspecified atom stereocenters. The molecule has 3 aliphatic rings. The summed E-state index contributed by atoms with van der Waals surface area (Å²) in [5.41, 5.74) is 0.569. The number of carbonyl (C=O) groups is 1. The van der Waals surface area contributed by atoms with Crippen LogP contribution in [0.2, 0.25) is 5.02 Å². The van der Waals surface area contributed by atoms with Crippen LogP contribution in [0.5, 0.6) is 0 Å². The number of anilines is 2. The number of piperidine rings is 1. The molecule has 206 valence electrons. The number of rotatable bonds is 8. The monoisotopic (exact) mass is 561 g/mol. The predicted molar refractivity (Wildman–Crippen MR) is 147 cm³/mol. The number of aromatic nitrogens is 3. The van der Waals surface area contributed by atoms with E-state index in [0.29, 0.717) is 28.6 Å². The molecule has 2 aromatic rings. The van der Waals surface area contributed by atoms with Crippen molar-refractivity contribution in [3.63, 3.8) is 0 Å². The van der Waals surface area contributed by atoms with Crippen LogP contribution in [-0.4, -0.2) is 80.1 Å². The summed E-state index contributed by atoms with van der Waals surface area (Å²) < 4.78 is 16.6. The summed E-state index contributed by atoms with van der Waals surface area (Å²) in [6.45, 7) is 11.2. The van der Waals surface area contributed by atoms with Crippen LogP contribution in [0.4, 0.5) is 11.6 Å². The van der Waals surface area contributed by atoms with Crippen molar-refractivity contribution in [2.24, 2.45) is 10.8 Å². The van der Waals surface area contributed by atoms with Crippen molar-refractivity contribution >= 4 is 41.0 Å². The van der Waals surface area contributed by atoms with Crippen LogP contribution in [-0.2, 0) is 14.2 Å². The average molecular weight is 562 g/mol. The maximum absolute atomic E-state index is 12.9. The van der Waals surface area contributed by atoms with Crippen LogP contribution < -0.4 is 9.80 Å². The fourth-order valence-corrected chi connectivity index (χ4v) is 6.99. The predicted octanol–water partition coefficient (Wildman–Crippen LogP) is 4.72. The Balaban J connectivity index is 1.34. The van der Waals surface area contributed by atoms with Gasteiger partial charge in [0.25, 0.3) is 0 Å². The molecule has 0 N–H and O–H groups in total. The van der Waals surface area contributed by atoms with Gasteiger partial charge in [0.05, 0.1) is 37.1 Å². The van der Waals surface area contributed by atoms with Crippen molar-refractivity contribution in [3.05, 3.63) is 29.2 Å². The number of pyridine rings is 1. The number of carbonyl (C=O) groups excluding carboxylic acids is 1. The molecule has 3 fully saturated rings. The lowest BCUT2D eigenvalue weighted by Gasteiger charge is -2.48. The summed E-state index contributed by atoms with van der Waals surface area (Å²) >= 11 is 8.17. The number of ether oxygens (including phenoxy) is 3. The zero-order chi connectivity index (χ0) is 26.9. The van der Waals surface area contributed by atoms with E-state index in [1.807, 2.05) is 6.07 Å². The smallest absolute Gasteiger partial charge is 0.360 e. The summed E-state index contributed by atoms with van der Waals surface area (Å²) in [5.74, 6) is 0.858. The number of hydrogen-bond donors (Lipinski definition) is 0. The van der Waals surface area contributed by atoms with Gasteiger partial charge in [0.15, 0.2) is 11.5 Å². The third-order valence-corrected chi connectivity index (χ3v) is 9.16. The van der Waals surface area contributed by atoms with E-state index in [0.717, 1.165) is 62.8 Å². The highest BCUT2D eigenvalue weighted by Gasteiger charge is 2.42. The molecule has 9 nitrogen and oxygen atoms in total. The maximum Gasteiger partial charge on any atom is 0.360 e. The van der Waals surface area contributed by atoms with Crippen molar-refractivity contribution < 1.29 is 19.0 Å². The van der Waals surface area contributed by atoms with Crippen molar-refractivity contribution in [2.75, 3.05) is 62.9 Å². The Morgan fingerprint density at radius 1 is 1.24 bits per heavy atom. The summed E-state index contributed by atoms with van der Waals surface area (Å²) in [5, 5.41) is 1.14. The van der Waals surface area contributed by atoms with E-state index in [9.17, 15) is 4.79 Å². The molecule has 1 spiro atoms. The summed E-state index contributed by atoms with van der Waals surface area (Å²) in [4.78, 5) is 32.0. The van der Waals surface area contributed by atoms with E-state index in [-0.39, 0.29) is 23.1 Å². The van der Waals surface area contributed by atoms with Gasteiger partial charge in [-0.25, -0.2) is 19.7 Å². The summed E-state index contributed by atoms with van der Waals surface area (Å²) in [6, 6.07) is 1.86. The zero-order valence-electron chi connectivity index (χ0n) is 22.5. The lowest BCUT2D eigenvalue weighted by Crippen LogP contribution is -2.57. The first-order valence-electron chi connectivity index (χ1n) is 13.2. The molecule has 0 bridgehead atoms. The van der Waals surface area contributed by atoms with Crippen LogP contribution in [0.15, 0.2) is 28.4 Å². The maximum atomic E-state index is 12.9. The molecule has 1 atom stereocenters. The van der Waals surface area contributed by atoms with Gasteiger partial charge >= 0.3 is 5.97 Å². The van der Waals surface area contributed by atoms with E-state index < -0.39 is 5.97 Å². The highest BCUT2D eigenvalue weighted by Crippen LogP contribution is 2.44. The lowest BCUT2D eigenvalue weighted by molar-refractivity contribution is 0.0518. The topological polar surface area (TPSA) is 89.9 Å². The Labute approximate surface area is 233 Å². The number of hydrogen-bond acceptors (Lipinski definition) is 10. The van der Waals surface area contributed by atoms with Gasteiger partial charge < -0.3 is 24.0 Å². The Morgan fingerprint density at radius 3 is 2.66 bits per heavy atom. The van der Waals surface area contributed by atoms with E-state index in [1.54, 1.807) is 26.4 Å². The minimum absolute atomic E-state index is 0.0931. The van der Waals surface area contributed by atoms with Gasteiger partial charge in [-0.2, -0.15) is 0 Å². The second-order valence-corrected chi connectivity index (χ2v) is 12.5. The first-order chi connectivity index (χ1) is 18.2. The van der Waals surface area contributed by atoms with Gasteiger partial charge in [0.1, 0.15) is 10.8 Å². The fraction of sp³-hybridized carbons (Fsp3) is 0.630. The lowest BCUT2D eigenvalue weighted by atomic mass is 9.77. The number of methoxy groups -OCH3 is 1. The Hall–Kier alpha value is -2.14. The molecule has 2 aromatic heterocycles. The Bertz CT molecular complexity index is 1170. The second-order valence-electron chi connectivity index (χ2n) is 11.1. The second kappa shape index (κ2) is 11.2. The fourth-order valence-electron chi connectivity index (χ4n) is 5.86. The zero-order valence-corrected chi connectivity index (χ0v) is 24.1. The quantitative estimate of drug-likeness (QED) is 0.422. The van der Waals surface area contributed by atoms with Gasteiger partial charge in [-0.1, -0.05) is 30.3 Å². The van der Waals surface area contributed by atoms with E-state index in [1.165, 1.54) is 11.8 Å². The molecule has 0 radical (unpaired) electrons. The Morgan fingerprint density at radius 2 is 2.00 bits per heavy atom. The number of esters is 1. The van der Waals surface area contributed by atoms with Crippen molar-refractivity contribution in [1.29, 1.82) is 0 Å². The molecule has 0 amide bonds. The molecule has 0 aliphatic carbocycles. The molecule has 3 saturated heterocycles. The first kappa shape index (κ1) is 27.4. The molecule has 0 saturated carbocycles. The highest BCUT2D eigenvalue weighted by molar-refractivity contribution is 7.99. The summed E-state index contributed by atoms with van der Waals surface area (Å²) in [6.07, 6.45) is 6.87. The molecule has 11 heteroatoms. The highest BCUT2D eigenvalue weighted by atomic mass is 35.5. The molecule has 5 heterocycles. The third kappa shape index (κ3) is 5.59. The standard InChI is InChI=1S/C27H36ClN5O4S/c1-5-36-25(34)22-24(32-10-7-27(8-11-32)12-18(2)37-17-27)30-13-20(31-22)38-19-6-9-29-23(21(19)28)33-14-26(3,15-33)16-35-4/h6,9,13,18H,5,7-8,10-12,14-17H2,1-4H3/t18-/m0/s1. The van der Waals surface area contributed by atoms with Crippen LogP contribution in [0.3, 0.4) is 0 Å². The van der Waals surface area contributed by atoms with Crippen molar-refractivity contribution in [2.45, 2.75) is 56.1 Å². The van der Waals surface area contributed by atoms with Crippen LogP contribution in [0, 0.1) is 10.8 Å². The SMILES string of the molecule is CCOC(=O)c1nc(Sc2ccnc(N3CC(C)(COC)C3)c2Cl)cnc1N1CCC2(CC1)CO[C@@H](C)C2. The van der Waals surface area contributed by atoms with Gasteiger partial charge in [0, 0.05) is 49.8 Å². The molecule has 5 rings (SSSR count). The average Bonchev–Trinajstić information content (AvgIpc) is 3.24. The van der Waals surface area contributed by atoms with Crippen molar-refractivity contribution in [1.82, 2.24) is 15.0 Å². The third-order valence-electron chi connectivity index (χ3n) is 7.71. The van der Waals surface area contributed by atoms with Crippen LogP contribution >= 0.6 is 23.4 Å². The minimum atomic E-state index is -0.463. The van der Waals surface area contributed by atoms with Gasteiger partial charge in [-0.15, -0.1) is 0 Å². The first-order valence-corrected chi connectivity index (χ1v) is 14.4. The van der Waals surface area contributed by atoms with Gasteiger partial charge in [0.2, 0.25) is 0 Å². The van der Waals surface area contributed by atoms with E-state index >= 15 is 0 Å². The van der Waals surface area contributed by atoms with Crippen molar-refractivity contribution in [3.8, 4) is 0 Å². The van der Waals surface area contributed by atoms with Gasteiger partial charge in [-0.05, 0) is 44.6 Å². The molecular weight excluding hydrogens is 526 g/mol. The van der Waals surface area contributed by atoms with Crippen LogP contribution in [0.25, 0.3) is 0 Å². The van der Waals surface area contributed by atoms with Crippen LogP contribution in [0.1, 0.15) is 50.5 Å². The van der Waals surface area contributed by atoms with E-state index in [2.05, 4.69) is 28.6 Å². The molecule has 3 aliphatic heterocycles. The van der Waals surface area contributed by atoms with Gasteiger partial charge in [-0.3, -0.25) is 0 Å². The largest absolute Gasteiger partial charge is 0.461 e. The number of nitrogens with zero attached hydrogens (tertiary/aromatic N) is 5. The molecular formula is C27H36ClN5O4S. The molecule has 0 aromatic carbocycles. The minimum Gasteiger partial charge on any atom is -0.461 e.